The number of allylic oxidation sites excluding steroid dienone is 2. The first-order valence-electron chi connectivity index (χ1n) is 7.59. The van der Waals surface area contributed by atoms with Crippen molar-refractivity contribution in [1.29, 1.82) is 0 Å². The molecule has 0 spiro atoms. The highest BCUT2D eigenvalue weighted by atomic mass is 16.5. The van der Waals surface area contributed by atoms with Gasteiger partial charge in [-0.2, -0.15) is 0 Å². The average Bonchev–Trinajstić information content (AvgIpc) is 2.52. The monoisotopic (exact) mass is 328 g/mol. The molecule has 0 unspecified atom stereocenters. The first-order chi connectivity index (χ1) is 11.3. The smallest absolute Gasteiger partial charge is 0.337 e. The maximum Gasteiger partial charge on any atom is 0.337 e. The third kappa shape index (κ3) is 3.45. The van der Waals surface area contributed by atoms with Crippen LogP contribution >= 0.6 is 0 Å². The van der Waals surface area contributed by atoms with Gasteiger partial charge in [0.2, 0.25) is 0 Å². The average molecular weight is 328 g/mol. The van der Waals surface area contributed by atoms with E-state index in [1.54, 1.807) is 19.9 Å². The molecule has 2 rings (SSSR count). The quantitative estimate of drug-likeness (QED) is 0.522. The van der Waals surface area contributed by atoms with Crippen LogP contribution in [0.3, 0.4) is 0 Å². The molecular formula is C19H20O5. The number of aliphatic hydroxyl groups is 1. The molecule has 1 N–H and O–H groups in total. The predicted octanol–water partition coefficient (Wildman–Crippen LogP) is 2.87. The molecule has 1 atom stereocenters. The van der Waals surface area contributed by atoms with Gasteiger partial charge in [-0.25, -0.2) is 4.79 Å². The minimum Gasteiger partial charge on any atom is -0.510 e. The number of carbonyl (C=O) groups excluding carboxylic acids is 3. The molecule has 126 valence electrons. The van der Waals surface area contributed by atoms with Gasteiger partial charge in [0.15, 0.2) is 11.6 Å². The Morgan fingerprint density at radius 1 is 1.25 bits per heavy atom. The molecule has 0 bridgehead atoms. The summed E-state index contributed by atoms with van der Waals surface area (Å²) in [6.07, 6.45) is 2.80. The van der Waals surface area contributed by atoms with E-state index in [2.05, 4.69) is 0 Å². The van der Waals surface area contributed by atoms with Gasteiger partial charge in [-0.05, 0) is 11.6 Å². The number of Topliss-reactive ketones (excluding diaryl/α,β-unsaturated/α-hetero) is 1. The van der Waals surface area contributed by atoms with Crippen molar-refractivity contribution in [2.45, 2.75) is 20.3 Å². The van der Waals surface area contributed by atoms with E-state index in [1.807, 2.05) is 30.3 Å². The standard InChI is InChI=1S/C19H20O5/c1-19(2)11-14(21)15(17(22)16(19)18(23)24-3)13(20)10-9-12-7-5-4-6-8-12/h4-10,15,22H,11H2,1-3H3/t15-/m1/s1. The number of hydrogen-bond donors (Lipinski definition) is 1. The molecule has 1 aliphatic carbocycles. The number of rotatable bonds is 4. The van der Waals surface area contributed by atoms with E-state index >= 15 is 0 Å². The zero-order valence-electron chi connectivity index (χ0n) is 13.9. The Kier molecular flexibility index (Phi) is 5.02. The van der Waals surface area contributed by atoms with Crippen LogP contribution in [0.1, 0.15) is 25.8 Å². The summed E-state index contributed by atoms with van der Waals surface area (Å²) >= 11 is 0. The lowest BCUT2D eigenvalue weighted by molar-refractivity contribution is -0.139. The molecule has 5 nitrogen and oxygen atoms in total. The summed E-state index contributed by atoms with van der Waals surface area (Å²) in [5.41, 5.74) is -0.101. The number of ether oxygens (including phenoxy) is 1. The SMILES string of the molecule is COC(=O)C1=C(O)[C@H](C(=O)C=Cc2ccccc2)C(=O)CC1(C)C. The summed E-state index contributed by atoms with van der Waals surface area (Å²) in [6, 6.07) is 9.12. The zero-order valence-corrected chi connectivity index (χ0v) is 13.9. The molecule has 1 aromatic rings. The number of hydrogen-bond acceptors (Lipinski definition) is 5. The van der Waals surface area contributed by atoms with E-state index < -0.39 is 34.6 Å². The molecule has 0 aromatic heterocycles. The van der Waals surface area contributed by atoms with Crippen molar-refractivity contribution in [2.24, 2.45) is 11.3 Å². The number of ketones is 2. The van der Waals surface area contributed by atoms with E-state index in [1.165, 1.54) is 13.2 Å². The fraction of sp³-hybridized carbons (Fsp3) is 0.316. The minimum absolute atomic E-state index is 0.0168. The number of methoxy groups -OCH3 is 1. The van der Waals surface area contributed by atoms with Gasteiger partial charge < -0.3 is 9.84 Å². The van der Waals surface area contributed by atoms with Crippen molar-refractivity contribution in [3.05, 3.63) is 53.3 Å². The van der Waals surface area contributed by atoms with Crippen LogP contribution in [0.4, 0.5) is 0 Å². The summed E-state index contributed by atoms with van der Waals surface area (Å²) in [6.45, 7) is 3.32. The van der Waals surface area contributed by atoms with Gasteiger partial charge in [0.05, 0.1) is 12.7 Å². The molecule has 0 saturated heterocycles. The summed E-state index contributed by atoms with van der Waals surface area (Å²) in [4.78, 5) is 36.7. The molecule has 5 heteroatoms. The fourth-order valence-corrected chi connectivity index (χ4v) is 2.88. The molecule has 0 heterocycles. The van der Waals surface area contributed by atoms with Crippen LogP contribution in [0, 0.1) is 11.3 Å². The van der Waals surface area contributed by atoms with E-state index in [0.717, 1.165) is 5.56 Å². The highest BCUT2D eigenvalue weighted by Crippen LogP contribution is 2.41. The van der Waals surface area contributed by atoms with Gasteiger partial charge in [-0.3, -0.25) is 9.59 Å². The van der Waals surface area contributed by atoms with Crippen molar-refractivity contribution >= 4 is 23.6 Å². The minimum atomic E-state index is -1.35. The lowest BCUT2D eigenvalue weighted by Gasteiger charge is -2.33. The second-order valence-electron chi connectivity index (χ2n) is 6.36. The Balaban J connectivity index is 2.37. The van der Waals surface area contributed by atoms with Crippen LogP contribution in [0.2, 0.25) is 0 Å². The Morgan fingerprint density at radius 3 is 2.46 bits per heavy atom. The molecule has 1 aromatic carbocycles. The van der Waals surface area contributed by atoms with E-state index in [-0.39, 0.29) is 12.0 Å². The van der Waals surface area contributed by atoms with Crippen molar-refractivity contribution in [3.63, 3.8) is 0 Å². The Hall–Kier alpha value is -2.69. The maximum absolute atomic E-state index is 12.4. The van der Waals surface area contributed by atoms with Crippen molar-refractivity contribution in [2.75, 3.05) is 7.11 Å². The van der Waals surface area contributed by atoms with Gasteiger partial charge >= 0.3 is 5.97 Å². The largest absolute Gasteiger partial charge is 0.510 e. The number of aliphatic hydroxyl groups excluding tert-OH is 1. The van der Waals surface area contributed by atoms with Crippen LogP contribution in [0.15, 0.2) is 47.7 Å². The lowest BCUT2D eigenvalue weighted by atomic mass is 9.69. The van der Waals surface area contributed by atoms with Gasteiger partial charge in [0.1, 0.15) is 11.7 Å². The summed E-state index contributed by atoms with van der Waals surface area (Å²) in [5, 5.41) is 10.4. The molecule has 1 aliphatic rings. The maximum atomic E-state index is 12.4. The van der Waals surface area contributed by atoms with Gasteiger partial charge in [-0.15, -0.1) is 0 Å². The van der Waals surface area contributed by atoms with Crippen LogP contribution in [-0.2, 0) is 19.1 Å². The molecule has 0 aliphatic heterocycles. The second-order valence-corrected chi connectivity index (χ2v) is 6.36. The first kappa shape index (κ1) is 17.7. The third-order valence-corrected chi connectivity index (χ3v) is 4.06. The van der Waals surface area contributed by atoms with Gasteiger partial charge in [-0.1, -0.05) is 50.3 Å². The zero-order chi connectivity index (χ0) is 17.9. The Labute approximate surface area is 140 Å². The first-order valence-corrected chi connectivity index (χ1v) is 7.59. The van der Waals surface area contributed by atoms with Crippen molar-refractivity contribution < 1.29 is 24.2 Å². The summed E-state index contributed by atoms with van der Waals surface area (Å²) in [5.74, 6) is -3.56. The van der Waals surface area contributed by atoms with Crippen LogP contribution < -0.4 is 0 Å². The van der Waals surface area contributed by atoms with Gasteiger partial charge in [0.25, 0.3) is 0 Å². The number of esters is 1. The Bertz CT molecular complexity index is 725. The third-order valence-electron chi connectivity index (χ3n) is 4.06. The lowest BCUT2D eigenvalue weighted by Crippen LogP contribution is -2.39. The normalized spacial score (nSPS) is 20.3. The Morgan fingerprint density at radius 2 is 1.88 bits per heavy atom. The van der Waals surface area contributed by atoms with Crippen LogP contribution in [-0.4, -0.2) is 29.8 Å². The number of carbonyl (C=O) groups is 3. The van der Waals surface area contributed by atoms with Crippen LogP contribution in [0.5, 0.6) is 0 Å². The topological polar surface area (TPSA) is 80.7 Å². The summed E-state index contributed by atoms with van der Waals surface area (Å²) < 4.78 is 4.69. The predicted molar refractivity (Wildman–Crippen MR) is 89.0 cm³/mol. The highest BCUT2D eigenvalue weighted by Gasteiger charge is 2.46. The summed E-state index contributed by atoms with van der Waals surface area (Å²) in [7, 11) is 1.20. The second kappa shape index (κ2) is 6.83. The van der Waals surface area contributed by atoms with Gasteiger partial charge in [0, 0.05) is 11.8 Å². The molecule has 24 heavy (non-hydrogen) atoms. The van der Waals surface area contributed by atoms with E-state index in [9.17, 15) is 19.5 Å². The molecular weight excluding hydrogens is 308 g/mol. The van der Waals surface area contributed by atoms with Crippen LogP contribution in [0.25, 0.3) is 6.08 Å². The molecule has 0 saturated carbocycles. The fourth-order valence-electron chi connectivity index (χ4n) is 2.88. The molecule has 0 radical (unpaired) electrons. The molecule has 0 fully saturated rings. The molecule has 0 amide bonds. The van der Waals surface area contributed by atoms with Crippen molar-refractivity contribution in [3.8, 4) is 0 Å². The van der Waals surface area contributed by atoms with E-state index in [0.29, 0.717) is 0 Å². The van der Waals surface area contributed by atoms with Crippen molar-refractivity contribution in [1.82, 2.24) is 0 Å². The highest BCUT2D eigenvalue weighted by molar-refractivity contribution is 6.13. The number of benzene rings is 1. The van der Waals surface area contributed by atoms with E-state index in [4.69, 9.17) is 4.74 Å².